The molecule has 3 rings (SSSR count). The molecule has 0 bridgehead atoms. The highest BCUT2D eigenvalue weighted by Gasteiger charge is 2.01. The first-order chi connectivity index (χ1) is 10.7. The van der Waals surface area contributed by atoms with Gasteiger partial charge >= 0.3 is 0 Å². The summed E-state index contributed by atoms with van der Waals surface area (Å²) >= 11 is 9.09. The van der Waals surface area contributed by atoms with E-state index in [1.54, 1.807) is 11.8 Å². The molecule has 0 aliphatic carbocycles. The van der Waals surface area contributed by atoms with E-state index in [0.717, 1.165) is 17.1 Å². The zero-order valence-electron chi connectivity index (χ0n) is 12.0. The molecule has 0 aliphatic rings. The molecular formula is C17H15ClN2S2. The second kappa shape index (κ2) is 7.18. The molecule has 5 heteroatoms. The van der Waals surface area contributed by atoms with Gasteiger partial charge in [-0.2, -0.15) is 0 Å². The largest absolute Gasteiger partial charge is 0.380 e. The highest BCUT2D eigenvalue weighted by Crippen LogP contribution is 2.25. The molecule has 0 saturated carbocycles. The summed E-state index contributed by atoms with van der Waals surface area (Å²) in [4.78, 5) is 6.45. The summed E-state index contributed by atoms with van der Waals surface area (Å²) in [6, 6.07) is 17.1. The van der Waals surface area contributed by atoms with Crippen LogP contribution in [0.2, 0.25) is 4.47 Å². The molecule has 0 aliphatic heterocycles. The SMILES string of the molecule is CSc1ccc(-c2ccc(NCc3cnc(Cl)s3)cc2)cc1. The Hall–Kier alpha value is -1.49. The van der Waals surface area contributed by atoms with E-state index < -0.39 is 0 Å². The molecule has 0 atom stereocenters. The van der Waals surface area contributed by atoms with E-state index in [-0.39, 0.29) is 0 Å². The number of hydrogen-bond donors (Lipinski definition) is 1. The zero-order chi connectivity index (χ0) is 15.4. The van der Waals surface area contributed by atoms with Gasteiger partial charge in [-0.3, -0.25) is 0 Å². The molecule has 0 spiro atoms. The van der Waals surface area contributed by atoms with Crippen molar-refractivity contribution in [3.63, 3.8) is 0 Å². The van der Waals surface area contributed by atoms with Crippen molar-refractivity contribution in [3.8, 4) is 11.1 Å². The molecule has 1 N–H and O–H groups in total. The lowest BCUT2D eigenvalue weighted by atomic mass is 10.1. The smallest absolute Gasteiger partial charge is 0.183 e. The highest BCUT2D eigenvalue weighted by atomic mass is 35.5. The van der Waals surface area contributed by atoms with Gasteiger partial charge < -0.3 is 5.32 Å². The topological polar surface area (TPSA) is 24.9 Å². The first kappa shape index (κ1) is 15.4. The molecule has 2 aromatic carbocycles. The summed E-state index contributed by atoms with van der Waals surface area (Å²) in [6.07, 6.45) is 3.90. The van der Waals surface area contributed by atoms with Gasteiger partial charge in [0.1, 0.15) is 0 Å². The Bertz CT molecular complexity index is 736. The average molecular weight is 347 g/mol. The van der Waals surface area contributed by atoms with Crippen LogP contribution in [0.25, 0.3) is 11.1 Å². The van der Waals surface area contributed by atoms with Crippen LogP contribution in [-0.4, -0.2) is 11.2 Å². The molecule has 0 radical (unpaired) electrons. The lowest BCUT2D eigenvalue weighted by molar-refractivity contribution is 1.17. The number of anilines is 1. The van der Waals surface area contributed by atoms with Crippen molar-refractivity contribution in [2.45, 2.75) is 11.4 Å². The summed E-state index contributed by atoms with van der Waals surface area (Å²) in [7, 11) is 0. The van der Waals surface area contributed by atoms with Crippen LogP contribution in [0, 0.1) is 0 Å². The van der Waals surface area contributed by atoms with Crippen LogP contribution in [0.3, 0.4) is 0 Å². The van der Waals surface area contributed by atoms with E-state index in [4.69, 9.17) is 11.6 Å². The molecule has 22 heavy (non-hydrogen) atoms. The van der Waals surface area contributed by atoms with Crippen LogP contribution in [0.5, 0.6) is 0 Å². The number of rotatable bonds is 5. The first-order valence-corrected chi connectivity index (χ1v) is 9.25. The van der Waals surface area contributed by atoms with Crippen LogP contribution in [0.1, 0.15) is 4.88 Å². The van der Waals surface area contributed by atoms with Gasteiger partial charge in [0.05, 0.1) is 6.54 Å². The summed E-state index contributed by atoms with van der Waals surface area (Å²) < 4.78 is 0.584. The number of thiazole rings is 1. The number of hydrogen-bond acceptors (Lipinski definition) is 4. The maximum atomic E-state index is 5.83. The predicted molar refractivity (Wildman–Crippen MR) is 98.1 cm³/mol. The number of thioether (sulfide) groups is 1. The van der Waals surface area contributed by atoms with Gasteiger partial charge in [-0.1, -0.05) is 35.9 Å². The van der Waals surface area contributed by atoms with E-state index in [1.807, 2.05) is 6.20 Å². The molecule has 1 heterocycles. The van der Waals surface area contributed by atoms with Crippen molar-refractivity contribution >= 4 is 40.4 Å². The first-order valence-electron chi connectivity index (χ1n) is 6.83. The van der Waals surface area contributed by atoms with E-state index in [2.05, 4.69) is 65.1 Å². The van der Waals surface area contributed by atoms with Crippen molar-refractivity contribution in [3.05, 3.63) is 64.1 Å². The fraction of sp³-hybridized carbons (Fsp3) is 0.118. The van der Waals surface area contributed by atoms with Gasteiger partial charge in [0.15, 0.2) is 4.47 Å². The quantitative estimate of drug-likeness (QED) is 0.591. The van der Waals surface area contributed by atoms with E-state index >= 15 is 0 Å². The minimum absolute atomic E-state index is 0.584. The molecule has 0 unspecified atom stereocenters. The van der Waals surface area contributed by atoms with Gasteiger partial charge in [-0.25, -0.2) is 4.98 Å². The number of nitrogens with zero attached hydrogens (tertiary/aromatic N) is 1. The Morgan fingerprint density at radius 1 is 1.05 bits per heavy atom. The molecule has 112 valence electrons. The molecule has 0 amide bonds. The van der Waals surface area contributed by atoms with Crippen LogP contribution < -0.4 is 5.32 Å². The molecule has 0 saturated heterocycles. The normalized spacial score (nSPS) is 10.6. The Morgan fingerprint density at radius 3 is 2.23 bits per heavy atom. The van der Waals surface area contributed by atoms with Gasteiger partial charge in [0.2, 0.25) is 0 Å². The predicted octanol–water partition coefficient (Wildman–Crippen LogP) is 5.80. The molecular weight excluding hydrogens is 332 g/mol. The minimum atomic E-state index is 0.584. The van der Waals surface area contributed by atoms with E-state index in [0.29, 0.717) is 4.47 Å². The fourth-order valence-corrected chi connectivity index (χ4v) is 3.44. The third-order valence-corrected chi connectivity index (χ3v) is 5.16. The third kappa shape index (κ3) is 3.83. The summed E-state index contributed by atoms with van der Waals surface area (Å²) in [5, 5.41) is 3.38. The Balaban J connectivity index is 1.66. The van der Waals surface area contributed by atoms with E-state index in [1.165, 1.54) is 27.4 Å². The van der Waals surface area contributed by atoms with Gasteiger partial charge in [-0.15, -0.1) is 23.1 Å². The highest BCUT2D eigenvalue weighted by molar-refractivity contribution is 7.98. The Labute approximate surface area is 143 Å². The van der Waals surface area contributed by atoms with Crippen LogP contribution in [0.15, 0.2) is 59.6 Å². The molecule has 3 aromatic rings. The van der Waals surface area contributed by atoms with Gasteiger partial charge in [-0.05, 0) is 41.6 Å². The van der Waals surface area contributed by atoms with Crippen LogP contribution in [-0.2, 0) is 6.54 Å². The molecule has 1 aromatic heterocycles. The standard InChI is InChI=1S/C17H15ClN2S2/c1-21-15-8-4-13(5-9-15)12-2-6-14(7-3-12)19-10-16-11-20-17(18)22-16/h2-9,11,19H,10H2,1H3. The second-order valence-electron chi connectivity index (χ2n) is 4.74. The van der Waals surface area contributed by atoms with Gasteiger partial charge in [0.25, 0.3) is 0 Å². The number of nitrogens with one attached hydrogen (secondary N) is 1. The Morgan fingerprint density at radius 2 is 1.68 bits per heavy atom. The van der Waals surface area contributed by atoms with Crippen molar-refractivity contribution < 1.29 is 0 Å². The van der Waals surface area contributed by atoms with Gasteiger partial charge in [0, 0.05) is 21.7 Å². The maximum Gasteiger partial charge on any atom is 0.183 e. The molecule has 2 nitrogen and oxygen atoms in total. The monoisotopic (exact) mass is 346 g/mol. The Kier molecular flexibility index (Phi) is 5.03. The maximum absolute atomic E-state index is 5.83. The van der Waals surface area contributed by atoms with E-state index in [9.17, 15) is 0 Å². The van der Waals surface area contributed by atoms with Crippen molar-refractivity contribution in [1.82, 2.24) is 4.98 Å². The van der Waals surface area contributed by atoms with Crippen LogP contribution in [0.4, 0.5) is 5.69 Å². The lowest BCUT2D eigenvalue weighted by Gasteiger charge is -2.07. The van der Waals surface area contributed by atoms with Crippen molar-refractivity contribution in [2.24, 2.45) is 0 Å². The number of benzene rings is 2. The minimum Gasteiger partial charge on any atom is -0.380 e. The van der Waals surface area contributed by atoms with Crippen LogP contribution >= 0.6 is 34.7 Å². The number of aromatic nitrogens is 1. The summed E-state index contributed by atoms with van der Waals surface area (Å²) in [5.74, 6) is 0. The average Bonchev–Trinajstić information content (AvgIpc) is 2.99. The second-order valence-corrected chi connectivity index (χ2v) is 7.32. The summed E-state index contributed by atoms with van der Waals surface area (Å²) in [6.45, 7) is 0.742. The summed E-state index contributed by atoms with van der Waals surface area (Å²) in [5.41, 5.74) is 3.55. The fourth-order valence-electron chi connectivity index (χ4n) is 2.12. The third-order valence-electron chi connectivity index (χ3n) is 3.30. The lowest BCUT2D eigenvalue weighted by Crippen LogP contribution is -1.96. The number of halogens is 1. The zero-order valence-corrected chi connectivity index (χ0v) is 14.4. The van der Waals surface area contributed by atoms with Crippen molar-refractivity contribution in [2.75, 3.05) is 11.6 Å². The molecule has 0 fully saturated rings. The van der Waals surface area contributed by atoms with Crippen molar-refractivity contribution in [1.29, 1.82) is 0 Å².